The van der Waals surface area contributed by atoms with Gasteiger partial charge in [-0.25, -0.2) is 8.42 Å². The summed E-state index contributed by atoms with van der Waals surface area (Å²) in [5.41, 5.74) is 0.859. The van der Waals surface area contributed by atoms with E-state index in [4.69, 9.17) is 34.8 Å². The van der Waals surface area contributed by atoms with E-state index in [9.17, 15) is 18.0 Å². The van der Waals surface area contributed by atoms with E-state index in [1.807, 2.05) is 6.92 Å². The lowest BCUT2D eigenvalue weighted by molar-refractivity contribution is -0.140. The zero-order valence-corrected chi connectivity index (χ0v) is 24.7. The van der Waals surface area contributed by atoms with Crippen LogP contribution in [0.25, 0.3) is 0 Å². The molecule has 0 aliphatic rings. The van der Waals surface area contributed by atoms with Gasteiger partial charge in [0.05, 0.1) is 10.6 Å². The molecule has 3 rings (SSSR count). The number of carbonyl (C=O) groups is 2. The number of halogens is 3. The van der Waals surface area contributed by atoms with Gasteiger partial charge < -0.3 is 10.2 Å². The third-order valence-electron chi connectivity index (χ3n) is 5.95. The van der Waals surface area contributed by atoms with Gasteiger partial charge in [-0.1, -0.05) is 79.0 Å². The van der Waals surface area contributed by atoms with Gasteiger partial charge >= 0.3 is 0 Å². The SMILES string of the molecule is CCCNC(=O)[C@@H](CC)N(Cc1ccc(Cl)cc1)C(=O)CN(c1cc(Cl)cc(Cl)c1)S(=O)(=O)c1ccccc1. The summed E-state index contributed by atoms with van der Waals surface area (Å²) >= 11 is 18.5. The lowest BCUT2D eigenvalue weighted by Gasteiger charge is -2.33. The molecule has 0 unspecified atom stereocenters. The Morgan fingerprint density at radius 3 is 2.05 bits per heavy atom. The Hall–Kier alpha value is -2.78. The molecule has 2 amide bonds. The van der Waals surface area contributed by atoms with Crippen LogP contribution >= 0.6 is 34.8 Å². The average Bonchev–Trinajstić information content (AvgIpc) is 2.91. The van der Waals surface area contributed by atoms with Gasteiger partial charge in [0.2, 0.25) is 11.8 Å². The molecule has 3 aromatic rings. The van der Waals surface area contributed by atoms with Gasteiger partial charge in [0, 0.05) is 28.2 Å². The monoisotopic (exact) mass is 609 g/mol. The Kier molecular flexibility index (Phi) is 11.1. The first-order valence-corrected chi connectivity index (χ1v) is 15.0. The fraction of sp³-hybridized carbons (Fsp3) is 0.286. The highest BCUT2D eigenvalue weighted by Gasteiger charge is 2.33. The molecule has 0 aliphatic heterocycles. The summed E-state index contributed by atoms with van der Waals surface area (Å²) in [5, 5.41) is 3.80. The summed E-state index contributed by atoms with van der Waals surface area (Å²) in [4.78, 5) is 28.5. The summed E-state index contributed by atoms with van der Waals surface area (Å²) in [7, 11) is -4.21. The molecular formula is C28H30Cl3N3O4S. The van der Waals surface area contributed by atoms with Crippen LogP contribution in [0.4, 0.5) is 5.69 Å². The summed E-state index contributed by atoms with van der Waals surface area (Å²) in [6.45, 7) is 3.67. The number of nitrogens with zero attached hydrogens (tertiary/aromatic N) is 2. The number of anilines is 1. The zero-order chi connectivity index (χ0) is 28.6. The molecule has 11 heteroatoms. The highest BCUT2D eigenvalue weighted by atomic mass is 35.5. The normalized spacial score (nSPS) is 12.0. The molecule has 0 bridgehead atoms. The molecule has 208 valence electrons. The van der Waals surface area contributed by atoms with E-state index >= 15 is 0 Å². The number of benzene rings is 3. The maximum absolute atomic E-state index is 14.0. The second-order valence-electron chi connectivity index (χ2n) is 8.82. The minimum atomic E-state index is -4.21. The predicted molar refractivity (Wildman–Crippen MR) is 157 cm³/mol. The molecule has 39 heavy (non-hydrogen) atoms. The van der Waals surface area contributed by atoms with Crippen molar-refractivity contribution < 1.29 is 18.0 Å². The zero-order valence-electron chi connectivity index (χ0n) is 21.6. The van der Waals surface area contributed by atoms with Crippen LogP contribution in [0.2, 0.25) is 15.1 Å². The van der Waals surface area contributed by atoms with Crippen LogP contribution in [0, 0.1) is 0 Å². The van der Waals surface area contributed by atoms with Gasteiger partial charge in [-0.05, 0) is 60.9 Å². The van der Waals surface area contributed by atoms with Crippen LogP contribution in [0.1, 0.15) is 32.3 Å². The average molecular weight is 611 g/mol. The number of nitrogens with one attached hydrogen (secondary N) is 1. The van der Waals surface area contributed by atoms with Crippen molar-refractivity contribution in [1.82, 2.24) is 10.2 Å². The number of rotatable bonds is 12. The summed E-state index contributed by atoms with van der Waals surface area (Å²) in [6, 6.07) is 18.2. The van der Waals surface area contributed by atoms with Crippen LogP contribution < -0.4 is 9.62 Å². The number of carbonyl (C=O) groups excluding carboxylic acids is 2. The highest BCUT2D eigenvalue weighted by molar-refractivity contribution is 7.92. The van der Waals surface area contributed by atoms with Crippen LogP contribution in [-0.4, -0.2) is 44.3 Å². The molecule has 1 N–H and O–H groups in total. The van der Waals surface area contributed by atoms with Crippen molar-refractivity contribution in [3.63, 3.8) is 0 Å². The van der Waals surface area contributed by atoms with Crippen LogP contribution in [0.3, 0.4) is 0 Å². The summed E-state index contributed by atoms with van der Waals surface area (Å²) in [5.74, 6) is -0.885. The first-order chi connectivity index (χ1) is 18.6. The largest absolute Gasteiger partial charge is 0.354 e. The van der Waals surface area contributed by atoms with E-state index in [2.05, 4.69) is 5.32 Å². The Morgan fingerprint density at radius 2 is 1.49 bits per heavy atom. The van der Waals surface area contributed by atoms with Gasteiger partial charge in [-0.2, -0.15) is 0 Å². The number of sulfonamides is 1. The molecule has 0 heterocycles. The second kappa shape index (κ2) is 14.0. The van der Waals surface area contributed by atoms with Gasteiger partial charge in [0.1, 0.15) is 12.6 Å². The maximum atomic E-state index is 14.0. The Labute approximate surface area is 244 Å². The smallest absolute Gasteiger partial charge is 0.264 e. The van der Waals surface area contributed by atoms with E-state index in [0.29, 0.717) is 18.0 Å². The molecule has 0 radical (unpaired) electrons. The van der Waals surface area contributed by atoms with Crippen LogP contribution in [0.15, 0.2) is 77.7 Å². The molecule has 0 saturated heterocycles. The fourth-order valence-corrected chi connectivity index (χ4v) is 6.06. The van der Waals surface area contributed by atoms with Gasteiger partial charge in [0.25, 0.3) is 10.0 Å². The van der Waals surface area contributed by atoms with Crippen molar-refractivity contribution in [2.24, 2.45) is 0 Å². The molecule has 1 atom stereocenters. The topological polar surface area (TPSA) is 86.8 Å². The molecule has 0 spiro atoms. The number of hydrogen-bond acceptors (Lipinski definition) is 4. The molecule has 0 saturated carbocycles. The minimum absolute atomic E-state index is 0.00844. The van der Waals surface area contributed by atoms with E-state index < -0.39 is 28.5 Å². The minimum Gasteiger partial charge on any atom is -0.354 e. The first kappa shape index (κ1) is 30.8. The van der Waals surface area contributed by atoms with Gasteiger partial charge in [-0.3, -0.25) is 13.9 Å². The van der Waals surface area contributed by atoms with Crippen molar-refractivity contribution in [2.75, 3.05) is 17.4 Å². The third kappa shape index (κ3) is 8.11. The molecule has 0 aromatic heterocycles. The second-order valence-corrected chi connectivity index (χ2v) is 12.0. The van der Waals surface area contributed by atoms with E-state index in [-0.39, 0.29) is 33.1 Å². The molecular weight excluding hydrogens is 581 g/mol. The lowest BCUT2D eigenvalue weighted by atomic mass is 10.1. The molecule has 0 aliphatic carbocycles. The summed E-state index contributed by atoms with van der Waals surface area (Å²) < 4.78 is 28.6. The van der Waals surface area contributed by atoms with Crippen molar-refractivity contribution >= 4 is 62.3 Å². The van der Waals surface area contributed by atoms with Crippen LogP contribution in [-0.2, 0) is 26.2 Å². The highest BCUT2D eigenvalue weighted by Crippen LogP contribution is 2.30. The van der Waals surface area contributed by atoms with Crippen LogP contribution in [0.5, 0.6) is 0 Å². The van der Waals surface area contributed by atoms with Crippen molar-refractivity contribution in [3.05, 3.63) is 93.4 Å². The van der Waals surface area contributed by atoms with E-state index in [1.54, 1.807) is 49.4 Å². The fourth-order valence-electron chi connectivity index (χ4n) is 4.00. The van der Waals surface area contributed by atoms with Crippen molar-refractivity contribution in [1.29, 1.82) is 0 Å². The quantitative estimate of drug-likeness (QED) is 0.266. The van der Waals surface area contributed by atoms with Crippen molar-refractivity contribution in [3.8, 4) is 0 Å². The van der Waals surface area contributed by atoms with E-state index in [1.165, 1.54) is 35.2 Å². The molecule has 7 nitrogen and oxygen atoms in total. The number of amides is 2. The molecule has 3 aromatic carbocycles. The third-order valence-corrected chi connectivity index (χ3v) is 8.42. The standard InChI is InChI=1S/C28H30Cl3N3O4S/c1-3-14-32-28(36)26(4-2)33(18-20-10-12-21(29)13-11-20)27(35)19-34(24-16-22(30)15-23(31)17-24)39(37,38)25-8-6-5-7-9-25/h5-13,15-17,26H,3-4,14,18-19H2,1-2H3,(H,32,36)/t26-/m1/s1. The Balaban J connectivity index is 2.06. The maximum Gasteiger partial charge on any atom is 0.264 e. The number of hydrogen-bond donors (Lipinski definition) is 1. The Morgan fingerprint density at radius 1 is 0.872 bits per heavy atom. The van der Waals surface area contributed by atoms with Crippen molar-refractivity contribution in [2.45, 2.75) is 44.2 Å². The van der Waals surface area contributed by atoms with Gasteiger partial charge in [0.15, 0.2) is 0 Å². The Bertz CT molecular complexity index is 1370. The first-order valence-electron chi connectivity index (χ1n) is 12.4. The molecule has 0 fully saturated rings. The van der Waals surface area contributed by atoms with Gasteiger partial charge in [-0.15, -0.1) is 0 Å². The summed E-state index contributed by atoms with van der Waals surface area (Å²) in [6.07, 6.45) is 1.05. The van der Waals surface area contributed by atoms with E-state index in [0.717, 1.165) is 16.3 Å². The lowest BCUT2D eigenvalue weighted by Crippen LogP contribution is -2.52. The predicted octanol–water partition coefficient (Wildman–Crippen LogP) is 6.18.